The molecule has 4 nitrogen and oxygen atoms in total. The first-order valence-corrected chi connectivity index (χ1v) is 6.17. The van der Waals surface area contributed by atoms with Gasteiger partial charge in [0.15, 0.2) is 0 Å². The third kappa shape index (κ3) is 4.96. The second kappa shape index (κ2) is 7.86. The Balaban J connectivity index is 2.56. The molecule has 1 atom stereocenters. The lowest BCUT2D eigenvalue weighted by molar-refractivity contribution is 0.0595. The van der Waals surface area contributed by atoms with Crippen molar-refractivity contribution in [2.45, 2.75) is 25.9 Å². The van der Waals surface area contributed by atoms with E-state index >= 15 is 0 Å². The molecule has 1 aromatic carbocycles. The topological polar surface area (TPSA) is 47.6 Å². The van der Waals surface area contributed by atoms with Gasteiger partial charge in [-0.1, -0.05) is 6.07 Å². The van der Waals surface area contributed by atoms with Crippen molar-refractivity contribution in [2.24, 2.45) is 0 Å². The SMILES string of the molecule is COCCC(C)NCc1ccc(C(=O)OC)c(F)c1. The first-order valence-electron chi connectivity index (χ1n) is 6.17. The first kappa shape index (κ1) is 15.6. The summed E-state index contributed by atoms with van der Waals surface area (Å²) in [4.78, 5) is 11.2. The van der Waals surface area contributed by atoms with E-state index in [0.29, 0.717) is 13.2 Å². The summed E-state index contributed by atoms with van der Waals surface area (Å²) in [5.41, 5.74) is 0.744. The van der Waals surface area contributed by atoms with Gasteiger partial charge in [0.1, 0.15) is 5.82 Å². The number of benzene rings is 1. The van der Waals surface area contributed by atoms with E-state index in [1.165, 1.54) is 19.2 Å². The molecule has 0 saturated heterocycles. The van der Waals surface area contributed by atoms with Crippen LogP contribution in [0.15, 0.2) is 18.2 Å². The van der Waals surface area contributed by atoms with Gasteiger partial charge < -0.3 is 14.8 Å². The number of hydrogen-bond donors (Lipinski definition) is 1. The zero-order valence-electron chi connectivity index (χ0n) is 11.5. The second-order valence-corrected chi connectivity index (χ2v) is 4.37. The standard InChI is InChI=1S/C14H20FNO3/c1-10(6-7-18-2)16-9-11-4-5-12(13(15)8-11)14(17)19-3/h4-5,8,10,16H,6-7,9H2,1-3H3. The van der Waals surface area contributed by atoms with Crippen LogP contribution in [0.25, 0.3) is 0 Å². The minimum absolute atomic E-state index is 0.0429. The average Bonchev–Trinajstić information content (AvgIpc) is 2.42. The van der Waals surface area contributed by atoms with Crippen LogP contribution in [0.1, 0.15) is 29.3 Å². The van der Waals surface area contributed by atoms with Gasteiger partial charge in [-0.05, 0) is 31.0 Å². The molecule has 1 aromatic rings. The van der Waals surface area contributed by atoms with E-state index in [1.807, 2.05) is 6.92 Å². The fourth-order valence-electron chi connectivity index (χ4n) is 1.63. The molecule has 0 fully saturated rings. The van der Waals surface area contributed by atoms with E-state index in [-0.39, 0.29) is 11.6 Å². The molecule has 0 aliphatic heterocycles. The van der Waals surface area contributed by atoms with E-state index in [9.17, 15) is 9.18 Å². The van der Waals surface area contributed by atoms with E-state index in [4.69, 9.17) is 4.74 Å². The van der Waals surface area contributed by atoms with Crippen molar-refractivity contribution in [1.82, 2.24) is 5.32 Å². The molecule has 1 unspecified atom stereocenters. The van der Waals surface area contributed by atoms with Crippen LogP contribution in [0.3, 0.4) is 0 Å². The number of ether oxygens (including phenoxy) is 2. The molecule has 0 aromatic heterocycles. The molecular weight excluding hydrogens is 249 g/mol. The Labute approximate surface area is 112 Å². The minimum atomic E-state index is -0.662. The maximum Gasteiger partial charge on any atom is 0.340 e. The van der Waals surface area contributed by atoms with Crippen molar-refractivity contribution in [2.75, 3.05) is 20.8 Å². The van der Waals surface area contributed by atoms with Crippen molar-refractivity contribution in [1.29, 1.82) is 0 Å². The highest BCUT2D eigenvalue weighted by Crippen LogP contribution is 2.12. The van der Waals surface area contributed by atoms with Crippen molar-refractivity contribution in [3.05, 3.63) is 35.1 Å². The molecule has 0 bridgehead atoms. The van der Waals surface area contributed by atoms with Crippen LogP contribution < -0.4 is 5.32 Å². The molecule has 1 rings (SSSR count). The summed E-state index contributed by atoms with van der Waals surface area (Å²) in [6, 6.07) is 4.79. The predicted molar refractivity (Wildman–Crippen MR) is 70.5 cm³/mol. The number of esters is 1. The number of halogens is 1. The molecule has 19 heavy (non-hydrogen) atoms. The lowest BCUT2D eigenvalue weighted by Crippen LogP contribution is -2.26. The summed E-state index contributed by atoms with van der Waals surface area (Å²) in [5.74, 6) is -1.22. The maximum absolute atomic E-state index is 13.7. The Morgan fingerprint density at radius 2 is 2.16 bits per heavy atom. The van der Waals surface area contributed by atoms with Gasteiger partial charge in [-0.15, -0.1) is 0 Å². The molecule has 0 aliphatic carbocycles. The van der Waals surface area contributed by atoms with E-state index in [1.54, 1.807) is 13.2 Å². The molecule has 106 valence electrons. The number of nitrogens with one attached hydrogen (secondary N) is 1. The van der Waals surface area contributed by atoms with Gasteiger partial charge in [0.25, 0.3) is 0 Å². The molecular formula is C14H20FNO3. The Morgan fingerprint density at radius 3 is 2.74 bits per heavy atom. The van der Waals surface area contributed by atoms with Crippen molar-refractivity contribution in [3.63, 3.8) is 0 Å². The van der Waals surface area contributed by atoms with Crippen LogP contribution in [0.4, 0.5) is 4.39 Å². The lowest BCUT2D eigenvalue weighted by atomic mass is 10.1. The number of carbonyl (C=O) groups is 1. The van der Waals surface area contributed by atoms with E-state index < -0.39 is 11.8 Å². The summed E-state index contributed by atoms with van der Waals surface area (Å²) in [7, 11) is 2.89. The fraction of sp³-hybridized carbons (Fsp3) is 0.500. The van der Waals surface area contributed by atoms with Gasteiger partial charge in [0.05, 0.1) is 12.7 Å². The highest BCUT2D eigenvalue weighted by atomic mass is 19.1. The Morgan fingerprint density at radius 1 is 1.42 bits per heavy atom. The number of rotatable bonds is 7. The molecule has 5 heteroatoms. The maximum atomic E-state index is 13.7. The van der Waals surface area contributed by atoms with Gasteiger partial charge in [-0.2, -0.15) is 0 Å². The molecule has 0 saturated carbocycles. The third-order valence-electron chi connectivity index (χ3n) is 2.85. The smallest absolute Gasteiger partial charge is 0.340 e. The molecule has 1 N–H and O–H groups in total. The van der Waals surface area contributed by atoms with Gasteiger partial charge >= 0.3 is 5.97 Å². The zero-order chi connectivity index (χ0) is 14.3. The third-order valence-corrected chi connectivity index (χ3v) is 2.85. The summed E-state index contributed by atoms with van der Waals surface area (Å²) in [6.07, 6.45) is 0.888. The number of carbonyl (C=O) groups excluding carboxylic acids is 1. The van der Waals surface area contributed by atoms with Crippen LogP contribution in [0.5, 0.6) is 0 Å². The molecule has 0 spiro atoms. The van der Waals surface area contributed by atoms with Gasteiger partial charge in [-0.3, -0.25) is 0 Å². The Bertz CT molecular complexity index is 423. The summed E-state index contributed by atoms with van der Waals surface area (Å²) in [5, 5.41) is 3.26. The number of hydrogen-bond acceptors (Lipinski definition) is 4. The summed E-state index contributed by atoms with van der Waals surface area (Å²) in [6.45, 7) is 3.27. The predicted octanol–water partition coefficient (Wildman–Crippen LogP) is 2.13. The Hall–Kier alpha value is -1.46. The average molecular weight is 269 g/mol. The Kier molecular flexibility index (Phi) is 6.45. The second-order valence-electron chi connectivity index (χ2n) is 4.37. The van der Waals surface area contributed by atoms with Crippen LogP contribution in [0, 0.1) is 5.82 Å². The number of methoxy groups -OCH3 is 2. The van der Waals surface area contributed by atoms with Crippen LogP contribution in [-0.4, -0.2) is 32.8 Å². The molecule has 0 aliphatic rings. The van der Waals surface area contributed by atoms with Crippen LogP contribution >= 0.6 is 0 Å². The fourth-order valence-corrected chi connectivity index (χ4v) is 1.63. The molecule has 0 amide bonds. The highest BCUT2D eigenvalue weighted by molar-refractivity contribution is 5.89. The van der Waals surface area contributed by atoms with E-state index in [2.05, 4.69) is 10.1 Å². The summed E-state index contributed by atoms with van der Waals surface area (Å²) < 4.78 is 23.1. The minimum Gasteiger partial charge on any atom is -0.465 e. The van der Waals surface area contributed by atoms with Crippen molar-refractivity contribution >= 4 is 5.97 Å². The van der Waals surface area contributed by atoms with Gasteiger partial charge in [-0.25, -0.2) is 9.18 Å². The van der Waals surface area contributed by atoms with E-state index in [0.717, 1.165) is 12.0 Å². The van der Waals surface area contributed by atoms with Crippen LogP contribution in [-0.2, 0) is 16.0 Å². The normalized spacial score (nSPS) is 12.2. The molecule has 0 radical (unpaired) electrons. The van der Waals surface area contributed by atoms with Crippen LogP contribution in [0.2, 0.25) is 0 Å². The summed E-state index contributed by atoms with van der Waals surface area (Å²) >= 11 is 0. The van der Waals surface area contributed by atoms with Crippen molar-refractivity contribution < 1.29 is 18.7 Å². The quantitative estimate of drug-likeness (QED) is 0.770. The molecule has 0 heterocycles. The van der Waals surface area contributed by atoms with Gasteiger partial charge in [0, 0.05) is 26.3 Å². The van der Waals surface area contributed by atoms with Crippen molar-refractivity contribution in [3.8, 4) is 0 Å². The highest BCUT2D eigenvalue weighted by Gasteiger charge is 2.12. The first-order chi connectivity index (χ1) is 9.08. The largest absolute Gasteiger partial charge is 0.465 e. The monoisotopic (exact) mass is 269 g/mol. The zero-order valence-corrected chi connectivity index (χ0v) is 11.5. The lowest BCUT2D eigenvalue weighted by Gasteiger charge is -2.13. The van der Waals surface area contributed by atoms with Gasteiger partial charge in [0.2, 0.25) is 0 Å².